The van der Waals surface area contributed by atoms with E-state index in [0.29, 0.717) is 5.56 Å². The van der Waals surface area contributed by atoms with Crippen LogP contribution in [0.2, 0.25) is 0 Å². The lowest BCUT2D eigenvalue weighted by molar-refractivity contribution is -0.159. The van der Waals surface area contributed by atoms with Crippen molar-refractivity contribution in [3.63, 3.8) is 0 Å². The summed E-state index contributed by atoms with van der Waals surface area (Å²) in [4.78, 5) is 3.48. The standard InChI is InChI=1S/C11H8BrF3N2O/c1-6(12)7-2-4-8(5-3-7)9-16-10(18-17-9)11(13,14)15/h2-6H,1H3. The van der Waals surface area contributed by atoms with E-state index >= 15 is 0 Å². The highest BCUT2D eigenvalue weighted by Crippen LogP contribution is 2.30. The van der Waals surface area contributed by atoms with Crippen LogP contribution in [0.4, 0.5) is 13.2 Å². The zero-order valence-corrected chi connectivity index (χ0v) is 10.8. The lowest BCUT2D eigenvalue weighted by Crippen LogP contribution is -2.04. The van der Waals surface area contributed by atoms with Crippen molar-refractivity contribution in [1.29, 1.82) is 0 Å². The van der Waals surface area contributed by atoms with Gasteiger partial charge in [-0.15, -0.1) is 0 Å². The Morgan fingerprint density at radius 1 is 1.22 bits per heavy atom. The van der Waals surface area contributed by atoms with E-state index in [1.54, 1.807) is 24.3 Å². The number of hydrogen-bond acceptors (Lipinski definition) is 3. The molecule has 0 spiro atoms. The fourth-order valence-electron chi connectivity index (χ4n) is 1.35. The minimum atomic E-state index is -4.62. The maximum Gasteiger partial charge on any atom is 0.471 e. The van der Waals surface area contributed by atoms with Gasteiger partial charge in [-0.2, -0.15) is 18.2 Å². The number of aromatic nitrogens is 2. The summed E-state index contributed by atoms with van der Waals surface area (Å²) in [7, 11) is 0. The Morgan fingerprint density at radius 2 is 1.83 bits per heavy atom. The van der Waals surface area contributed by atoms with E-state index in [9.17, 15) is 13.2 Å². The molecule has 1 unspecified atom stereocenters. The van der Waals surface area contributed by atoms with Crippen LogP contribution < -0.4 is 0 Å². The summed E-state index contributed by atoms with van der Waals surface area (Å²) in [6.45, 7) is 1.95. The highest BCUT2D eigenvalue weighted by atomic mass is 79.9. The number of alkyl halides is 4. The van der Waals surface area contributed by atoms with Gasteiger partial charge in [-0.1, -0.05) is 45.4 Å². The molecule has 7 heteroatoms. The van der Waals surface area contributed by atoms with Crippen LogP contribution in [0.15, 0.2) is 28.8 Å². The molecule has 96 valence electrons. The Balaban J connectivity index is 2.29. The molecule has 0 fully saturated rings. The van der Waals surface area contributed by atoms with Gasteiger partial charge < -0.3 is 4.52 Å². The Labute approximate surface area is 109 Å². The highest BCUT2D eigenvalue weighted by molar-refractivity contribution is 9.09. The Hall–Kier alpha value is -1.37. The third-order valence-electron chi connectivity index (χ3n) is 2.30. The van der Waals surface area contributed by atoms with Gasteiger partial charge in [0.25, 0.3) is 0 Å². The second-order valence-electron chi connectivity index (χ2n) is 3.66. The molecule has 0 aliphatic heterocycles. The lowest BCUT2D eigenvalue weighted by Gasteiger charge is -2.03. The summed E-state index contributed by atoms with van der Waals surface area (Å²) < 4.78 is 41.0. The zero-order valence-electron chi connectivity index (χ0n) is 9.20. The monoisotopic (exact) mass is 320 g/mol. The Morgan fingerprint density at radius 3 is 2.28 bits per heavy atom. The lowest BCUT2D eigenvalue weighted by atomic mass is 10.1. The molecule has 18 heavy (non-hydrogen) atoms. The van der Waals surface area contributed by atoms with E-state index in [4.69, 9.17) is 0 Å². The summed E-state index contributed by atoms with van der Waals surface area (Å²) in [5, 5.41) is 3.31. The molecule has 0 aliphatic rings. The molecule has 0 saturated carbocycles. The van der Waals surface area contributed by atoms with Crippen molar-refractivity contribution in [2.24, 2.45) is 0 Å². The molecule has 3 nitrogen and oxygen atoms in total. The molecule has 0 radical (unpaired) electrons. The van der Waals surface area contributed by atoms with Gasteiger partial charge in [-0.25, -0.2) is 0 Å². The van der Waals surface area contributed by atoms with Gasteiger partial charge in [0.15, 0.2) is 0 Å². The summed E-state index contributed by atoms with van der Waals surface area (Å²) in [5.74, 6) is -1.41. The Bertz CT molecular complexity index is 534. The topological polar surface area (TPSA) is 38.9 Å². The first kappa shape index (κ1) is 13.1. The average molecular weight is 321 g/mol. The van der Waals surface area contributed by atoms with Crippen LogP contribution in [0, 0.1) is 0 Å². The number of nitrogens with zero attached hydrogens (tertiary/aromatic N) is 2. The van der Waals surface area contributed by atoms with Crippen molar-refractivity contribution in [2.75, 3.05) is 0 Å². The summed E-state index contributed by atoms with van der Waals surface area (Å²) in [6.07, 6.45) is -4.62. The molecule has 0 N–H and O–H groups in total. The fraction of sp³-hybridized carbons (Fsp3) is 0.273. The van der Waals surface area contributed by atoms with Crippen molar-refractivity contribution in [3.05, 3.63) is 35.7 Å². The van der Waals surface area contributed by atoms with E-state index in [1.807, 2.05) is 6.92 Å². The third-order valence-corrected chi connectivity index (χ3v) is 2.83. The van der Waals surface area contributed by atoms with Crippen molar-refractivity contribution < 1.29 is 17.7 Å². The molecule has 0 saturated heterocycles. The highest BCUT2D eigenvalue weighted by Gasteiger charge is 2.38. The quantitative estimate of drug-likeness (QED) is 0.778. The minimum absolute atomic E-state index is 0.0731. The molecule has 2 rings (SSSR count). The van der Waals surface area contributed by atoms with E-state index in [0.717, 1.165) is 5.56 Å². The summed E-state index contributed by atoms with van der Waals surface area (Å²) in [6, 6.07) is 6.88. The van der Waals surface area contributed by atoms with Crippen molar-refractivity contribution in [1.82, 2.24) is 10.1 Å². The molecule has 0 bridgehead atoms. The molecule has 0 amide bonds. The number of benzene rings is 1. The predicted molar refractivity (Wildman–Crippen MR) is 62.1 cm³/mol. The van der Waals surface area contributed by atoms with Crippen LogP contribution in [0.3, 0.4) is 0 Å². The third kappa shape index (κ3) is 2.72. The fourth-order valence-corrected chi connectivity index (χ4v) is 1.66. The maximum absolute atomic E-state index is 12.3. The predicted octanol–water partition coefficient (Wildman–Crippen LogP) is 4.21. The Kier molecular flexibility index (Phi) is 3.43. The van der Waals surface area contributed by atoms with Gasteiger partial charge in [0, 0.05) is 10.4 Å². The minimum Gasteiger partial charge on any atom is -0.329 e. The van der Waals surface area contributed by atoms with Gasteiger partial charge in [0.05, 0.1) is 0 Å². The first-order valence-corrected chi connectivity index (χ1v) is 5.95. The number of rotatable bonds is 2. The van der Waals surface area contributed by atoms with Crippen LogP contribution in [-0.2, 0) is 6.18 Å². The molecule has 1 atom stereocenters. The first-order chi connectivity index (χ1) is 8.38. The van der Waals surface area contributed by atoms with Crippen LogP contribution in [0.25, 0.3) is 11.4 Å². The van der Waals surface area contributed by atoms with Gasteiger partial charge in [-0.3, -0.25) is 0 Å². The molecule has 1 heterocycles. The van der Waals surface area contributed by atoms with Gasteiger partial charge >= 0.3 is 12.1 Å². The number of hydrogen-bond donors (Lipinski definition) is 0. The van der Waals surface area contributed by atoms with Crippen LogP contribution in [0.5, 0.6) is 0 Å². The molecular formula is C11H8BrF3N2O. The van der Waals surface area contributed by atoms with E-state index in [-0.39, 0.29) is 10.7 Å². The largest absolute Gasteiger partial charge is 0.471 e. The average Bonchev–Trinajstić information content (AvgIpc) is 2.78. The van der Waals surface area contributed by atoms with E-state index in [1.165, 1.54) is 0 Å². The van der Waals surface area contributed by atoms with Crippen molar-refractivity contribution in [3.8, 4) is 11.4 Å². The smallest absolute Gasteiger partial charge is 0.329 e. The van der Waals surface area contributed by atoms with Crippen molar-refractivity contribution in [2.45, 2.75) is 17.9 Å². The normalized spacial score (nSPS) is 13.6. The van der Waals surface area contributed by atoms with Crippen LogP contribution in [0.1, 0.15) is 23.2 Å². The first-order valence-electron chi connectivity index (χ1n) is 5.03. The SMILES string of the molecule is CC(Br)c1ccc(-c2noc(C(F)(F)F)n2)cc1. The molecule has 1 aromatic heterocycles. The van der Waals surface area contributed by atoms with Crippen LogP contribution in [-0.4, -0.2) is 10.1 Å². The molecule has 2 aromatic rings. The summed E-state index contributed by atoms with van der Waals surface area (Å²) in [5.41, 5.74) is 1.49. The second kappa shape index (κ2) is 4.72. The van der Waals surface area contributed by atoms with Gasteiger partial charge in [0.1, 0.15) is 0 Å². The summed E-state index contributed by atoms with van der Waals surface area (Å²) >= 11 is 3.39. The van der Waals surface area contributed by atoms with Crippen molar-refractivity contribution >= 4 is 15.9 Å². The second-order valence-corrected chi connectivity index (χ2v) is 5.03. The molecule has 1 aromatic carbocycles. The van der Waals surface area contributed by atoms with Gasteiger partial charge in [0.2, 0.25) is 5.82 Å². The van der Waals surface area contributed by atoms with Crippen LogP contribution >= 0.6 is 15.9 Å². The molecular weight excluding hydrogens is 313 g/mol. The zero-order chi connectivity index (χ0) is 13.3. The molecule has 0 aliphatic carbocycles. The van der Waals surface area contributed by atoms with Gasteiger partial charge in [-0.05, 0) is 12.5 Å². The number of halogens is 4. The maximum atomic E-state index is 12.3. The van der Waals surface area contributed by atoms with E-state index in [2.05, 4.69) is 30.6 Å². The van der Waals surface area contributed by atoms with E-state index < -0.39 is 12.1 Å².